The summed E-state index contributed by atoms with van der Waals surface area (Å²) in [6, 6.07) is 11.1. The standard InChI is InChI=1S/C17H14ClN3O/c1-2-11-4-3-5-12(8-11)14-9-15(14)20-17(22)21-16-7-6-13(18)10-19-16/h1,3-8,10,14-15H,9H2,(H2,19,20,21,22). The summed E-state index contributed by atoms with van der Waals surface area (Å²) in [4.78, 5) is 15.9. The van der Waals surface area contributed by atoms with E-state index in [2.05, 4.69) is 21.5 Å². The molecule has 2 aromatic rings. The molecule has 2 N–H and O–H groups in total. The Kier molecular flexibility index (Phi) is 3.99. The number of hydrogen-bond donors (Lipinski definition) is 2. The van der Waals surface area contributed by atoms with Gasteiger partial charge >= 0.3 is 6.03 Å². The highest BCUT2D eigenvalue weighted by Crippen LogP contribution is 2.40. The van der Waals surface area contributed by atoms with Gasteiger partial charge in [0, 0.05) is 23.7 Å². The number of pyridine rings is 1. The largest absolute Gasteiger partial charge is 0.334 e. The maximum Gasteiger partial charge on any atom is 0.320 e. The lowest BCUT2D eigenvalue weighted by atomic mass is 10.1. The summed E-state index contributed by atoms with van der Waals surface area (Å²) in [7, 11) is 0. The smallest absolute Gasteiger partial charge is 0.320 e. The summed E-state index contributed by atoms with van der Waals surface area (Å²) in [5.41, 5.74) is 2.02. The van der Waals surface area contributed by atoms with E-state index >= 15 is 0 Å². The van der Waals surface area contributed by atoms with E-state index in [1.54, 1.807) is 12.1 Å². The lowest BCUT2D eigenvalue weighted by Crippen LogP contribution is -2.31. The molecule has 0 saturated heterocycles. The molecule has 2 amide bonds. The number of urea groups is 1. The molecular formula is C17H14ClN3O. The predicted octanol–water partition coefficient (Wildman–Crippen LogP) is 3.39. The lowest BCUT2D eigenvalue weighted by Gasteiger charge is -2.07. The van der Waals surface area contributed by atoms with Crippen LogP contribution in [0.1, 0.15) is 23.5 Å². The highest BCUT2D eigenvalue weighted by Gasteiger charge is 2.39. The second-order valence-electron chi connectivity index (χ2n) is 5.18. The van der Waals surface area contributed by atoms with Crippen molar-refractivity contribution in [2.24, 2.45) is 0 Å². The highest BCUT2D eigenvalue weighted by atomic mass is 35.5. The van der Waals surface area contributed by atoms with Gasteiger partial charge in [-0.2, -0.15) is 0 Å². The van der Waals surface area contributed by atoms with E-state index in [4.69, 9.17) is 18.0 Å². The van der Waals surface area contributed by atoms with Crippen LogP contribution in [0.3, 0.4) is 0 Å². The molecule has 0 radical (unpaired) electrons. The number of aromatic nitrogens is 1. The number of hydrogen-bond acceptors (Lipinski definition) is 2. The van der Waals surface area contributed by atoms with E-state index in [0.717, 1.165) is 17.5 Å². The molecule has 4 nitrogen and oxygen atoms in total. The van der Waals surface area contributed by atoms with Crippen molar-refractivity contribution in [1.82, 2.24) is 10.3 Å². The Bertz CT molecular complexity index is 736. The fraction of sp³-hybridized carbons (Fsp3) is 0.176. The van der Waals surface area contributed by atoms with Gasteiger partial charge in [0.15, 0.2) is 0 Å². The summed E-state index contributed by atoms with van der Waals surface area (Å²) >= 11 is 5.75. The van der Waals surface area contributed by atoms with Crippen LogP contribution >= 0.6 is 11.6 Å². The number of nitrogens with zero attached hydrogens (tertiary/aromatic N) is 1. The van der Waals surface area contributed by atoms with Crippen LogP contribution in [0.4, 0.5) is 10.6 Å². The normalized spacial score (nSPS) is 19.1. The van der Waals surface area contributed by atoms with Crippen LogP contribution in [0.15, 0.2) is 42.6 Å². The van der Waals surface area contributed by atoms with Crippen molar-refractivity contribution in [2.75, 3.05) is 5.32 Å². The van der Waals surface area contributed by atoms with Gasteiger partial charge in [-0.25, -0.2) is 9.78 Å². The molecule has 1 fully saturated rings. The Labute approximate surface area is 133 Å². The fourth-order valence-corrected chi connectivity index (χ4v) is 2.46. The summed E-state index contributed by atoms with van der Waals surface area (Å²) in [6.45, 7) is 0. The van der Waals surface area contributed by atoms with Crippen molar-refractivity contribution in [1.29, 1.82) is 0 Å². The van der Waals surface area contributed by atoms with Crippen molar-refractivity contribution in [3.63, 3.8) is 0 Å². The minimum Gasteiger partial charge on any atom is -0.334 e. The predicted molar refractivity (Wildman–Crippen MR) is 86.9 cm³/mol. The molecular weight excluding hydrogens is 298 g/mol. The van der Waals surface area contributed by atoms with Gasteiger partial charge in [-0.15, -0.1) is 6.42 Å². The first-order chi connectivity index (χ1) is 10.7. The topological polar surface area (TPSA) is 54.0 Å². The van der Waals surface area contributed by atoms with Crippen LogP contribution in [-0.2, 0) is 0 Å². The van der Waals surface area contributed by atoms with E-state index in [0.29, 0.717) is 16.8 Å². The zero-order valence-electron chi connectivity index (χ0n) is 11.7. The molecule has 1 heterocycles. The molecule has 0 bridgehead atoms. The van der Waals surface area contributed by atoms with Gasteiger partial charge < -0.3 is 5.32 Å². The molecule has 1 saturated carbocycles. The Hall–Kier alpha value is -2.51. The Morgan fingerprint density at radius 3 is 2.95 bits per heavy atom. The van der Waals surface area contributed by atoms with Crippen LogP contribution in [-0.4, -0.2) is 17.1 Å². The van der Waals surface area contributed by atoms with E-state index in [9.17, 15) is 4.79 Å². The van der Waals surface area contributed by atoms with Crippen LogP contribution in [0, 0.1) is 12.3 Å². The van der Waals surface area contributed by atoms with Gasteiger partial charge in [0.05, 0.1) is 5.02 Å². The molecule has 0 spiro atoms. The molecule has 0 aliphatic heterocycles. The average molecular weight is 312 g/mol. The molecule has 2 atom stereocenters. The number of amides is 2. The molecule has 110 valence electrons. The molecule has 5 heteroatoms. The molecule has 3 rings (SSSR count). The molecule has 1 aliphatic rings. The summed E-state index contributed by atoms with van der Waals surface area (Å²) in [5, 5.41) is 6.14. The maximum absolute atomic E-state index is 11.9. The number of terminal acetylenes is 1. The highest BCUT2D eigenvalue weighted by molar-refractivity contribution is 6.30. The molecule has 1 aromatic carbocycles. The van der Waals surface area contributed by atoms with E-state index in [-0.39, 0.29) is 12.1 Å². The monoisotopic (exact) mass is 311 g/mol. The molecule has 1 aromatic heterocycles. The summed E-state index contributed by atoms with van der Waals surface area (Å²) < 4.78 is 0. The zero-order chi connectivity index (χ0) is 15.5. The van der Waals surface area contributed by atoms with Crippen LogP contribution in [0.2, 0.25) is 5.02 Å². The van der Waals surface area contributed by atoms with Crippen LogP contribution in [0.5, 0.6) is 0 Å². The van der Waals surface area contributed by atoms with Gasteiger partial charge in [-0.05, 0) is 36.2 Å². The Balaban J connectivity index is 1.55. The number of halogens is 1. The lowest BCUT2D eigenvalue weighted by molar-refractivity contribution is 0.251. The number of anilines is 1. The fourth-order valence-electron chi connectivity index (χ4n) is 2.35. The van der Waals surface area contributed by atoms with Crippen LogP contribution in [0.25, 0.3) is 0 Å². The van der Waals surface area contributed by atoms with E-state index in [1.807, 2.05) is 24.3 Å². The second-order valence-corrected chi connectivity index (χ2v) is 5.62. The van der Waals surface area contributed by atoms with Gasteiger partial charge in [0.2, 0.25) is 0 Å². The van der Waals surface area contributed by atoms with E-state index < -0.39 is 0 Å². The molecule has 22 heavy (non-hydrogen) atoms. The number of rotatable bonds is 3. The first-order valence-corrected chi connectivity index (χ1v) is 7.29. The minimum atomic E-state index is -0.268. The van der Waals surface area contributed by atoms with Crippen molar-refractivity contribution in [2.45, 2.75) is 18.4 Å². The zero-order valence-corrected chi connectivity index (χ0v) is 12.5. The first kappa shape index (κ1) is 14.4. The third kappa shape index (κ3) is 3.38. The van der Waals surface area contributed by atoms with Crippen molar-refractivity contribution >= 4 is 23.4 Å². The number of carbonyl (C=O) groups is 1. The van der Waals surface area contributed by atoms with Crippen molar-refractivity contribution in [3.05, 3.63) is 58.7 Å². The second kappa shape index (κ2) is 6.08. The number of carbonyl (C=O) groups excluding carboxylic acids is 1. The SMILES string of the molecule is C#Cc1cccc(C2CC2NC(=O)Nc2ccc(Cl)cn2)c1. The van der Waals surface area contributed by atoms with Gasteiger partial charge in [-0.1, -0.05) is 29.7 Å². The number of benzene rings is 1. The van der Waals surface area contributed by atoms with Gasteiger partial charge in [-0.3, -0.25) is 5.32 Å². The quantitative estimate of drug-likeness (QED) is 0.854. The Morgan fingerprint density at radius 1 is 1.36 bits per heavy atom. The van der Waals surface area contributed by atoms with E-state index in [1.165, 1.54) is 6.20 Å². The van der Waals surface area contributed by atoms with Crippen LogP contribution < -0.4 is 10.6 Å². The number of nitrogens with one attached hydrogen (secondary N) is 2. The van der Waals surface area contributed by atoms with Crippen molar-refractivity contribution < 1.29 is 4.79 Å². The maximum atomic E-state index is 11.9. The average Bonchev–Trinajstić information content (AvgIpc) is 3.29. The minimum absolute atomic E-state index is 0.125. The third-order valence-corrected chi connectivity index (χ3v) is 3.78. The van der Waals surface area contributed by atoms with Gasteiger partial charge in [0.25, 0.3) is 0 Å². The molecule has 1 aliphatic carbocycles. The summed E-state index contributed by atoms with van der Waals surface area (Å²) in [5.74, 6) is 3.41. The van der Waals surface area contributed by atoms with Crippen molar-refractivity contribution in [3.8, 4) is 12.3 Å². The summed E-state index contributed by atoms with van der Waals surface area (Å²) in [6.07, 6.45) is 7.81. The Morgan fingerprint density at radius 2 is 2.23 bits per heavy atom. The third-order valence-electron chi connectivity index (χ3n) is 3.56. The molecule has 2 unspecified atom stereocenters. The van der Waals surface area contributed by atoms with Gasteiger partial charge in [0.1, 0.15) is 5.82 Å². The first-order valence-electron chi connectivity index (χ1n) is 6.91.